The van der Waals surface area contributed by atoms with Crippen LogP contribution in [0, 0.1) is 5.82 Å². The minimum absolute atomic E-state index is 0.204. The number of aromatic nitrogens is 2. The molecule has 1 heterocycles. The highest BCUT2D eigenvalue weighted by molar-refractivity contribution is 6.50. The molecule has 0 amide bonds. The fourth-order valence-electron chi connectivity index (χ4n) is 2.35. The van der Waals surface area contributed by atoms with Crippen LogP contribution >= 0.6 is 11.6 Å². The first-order valence-electron chi connectivity index (χ1n) is 7.31. The maximum atomic E-state index is 13.0. The summed E-state index contributed by atoms with van der Waals surface area (Å²) in [5.41, 5.74) is 0.745. The number of rotatable bonds is 4. The summed E-state index contributed by atoms with van der Waals surface area (Å²) in [5, 5.41) is 0.577. The van der Waals surface area contributed by atoms with Crippen molar-refractivity contribution in [2.24, 2.45) is 0 Å². The maximum absolute atomic E-state index is 13.0. The monoisotopic (exact) mass is 360 g/mol. The molecular weight excluding hydrogens is 347 g/mol. The highest BCUT2D eigenvalue weighted by Gasteiger charge is 2.12. The van der Waals surface area contributed by atoms with Crippen LogP contribution < -0.4 is 15.0 Å². The molecule has 0 bridgehead atoms. The maximum Gasteiger partial charge on any atom is 0.259 e. The molecule has 0 saturated heterocycles. The number of aromatic amines is 1. The molecule has 0 aliphatic carbocycles. The number of hydrogen-bond acceptors (Lipinski definition) is 4. The summed E-state index contributed by atoms with van der Waals surface area (Å²) in [6.07, 6.45) is 1.59. The van der Waals surface area contributed by atoms with E-state index in [4.69, 9.17) is 21.1 Å². The first kappa shape index (κ1) is 17.0. The van der Waals surface area contributed by atoms with Crippen molar-refractivity contribution in [3.63, 3.8) is 0 Å². The van der Waals surface area contributed by atoms with Gasteiger partial charge in [0, 0.05) is 6.07 Å². The van der Waals surface area contributed by atoms with Crippen LogP contribution in [0.4, 0.5) is 4.39 Å². The molecular formula is C18H14ClFN2O3. The van der Waals surface area contributed by atoms with Crippen LogP contribution in [0.15, 0.2) is 41.2 Å². The zero-order valence-corrected chi connectivity index (χ0v) is 14.2. The number of halogens is 2. The summed E-state index contributed by atoms with van der Waals surface area (Å²) >= 11 is 6.26. The second-order valence-corrected chi connectivity index (χ2v) is 5.59. The molecule has 0 fully saturated rings. The van der Waals surface area contributed by atoms with Gasteiger partial charge in [-0.3, -0.25) is 4.79 Å². The van der Waals surface area contributed by atoms with Crippen LogP contribution in [0.1, 0.15) is 11.4 Å². The molecule has 7 heteroatoms. The molecule has 25 heavy (non-hydrogen) atoms. The summed E-state index contributed by atoms with van der Waals surface area (Å²) in [5.74, 6) is 0.753. The molecule has 1 N–H and O–H groups in total. The van der Waals surface area contributed by atoms with Gasteiger partial charge in [0.15, 0.2) is 17.3 Å². The number of benzene rings is 2. The van der Waals surface area contributed by atoms with Crippen LogP contribution in [0.2, 0.25) is 0 Å². The Morgan fingerprint density at radius 1 is 1.16 bits per heavy atom. The zero-order valence-electron chi connectivity index (χ0n) is 13.5. The largest absolute Gasteiger partial charge is 0.493 e. The molecule has 0 unspecified atom stereocenters. The Bertz CT molecular complexity index is 1010. The van der Waals surface area contributed by atoms with E-state index in [1.54, 1.807) is 30.3 Å². The Kier molecular flexibility index (Phi) is 4.72. The standard InChI is InChI=1S/C18H14ClFN2O3/c1-24-15-8-12-14(9-16(15)25-2)21-17(22-18(12)23)13(19)7-10-3-5-11(20)6-4-10/h3-9H,1-2H3,(H,21,22,23). The lowest BCUT2D eigenvalue weighted by atomic mass is 10.2. The fraction of sp³-hybridized carbons (Fsp3) is 0.111. The van der Waals surface area contributed by atoms with Crippen molar-refractivity contribution in [1.82, 2.24) is 9.97 Å². The van der Waals surface area contributed by atoms with Crippen molar-refractivity contribution in [3.05, 3.63) is 64.0 Å². The molecule has 3 aromatic rings. The van der Waals surface area contributed by atoms with Crippen molar-refractivity contribution in [2.75, 3.05) is 14.2 Å². The van der Waals surface area contributed by atoms with Crippen molar-refractivity contribution in [3.8, 4) is 11.5 Å². The van der Waals surface area contributed by atoms with Crippen molar-refractivity contribution < 1.29 is 13.9 Å². The van der Waals surface area contributed by atoms with E-state index in [1.165, 1.54) is 26.4 Å². The second kappa shape index (κ2) is 6.94. The Balaban J connectivity index is 2.10. The van der Waals surface area contributed by atoms with Crippen molar-refractivity contribution in [1.29, 1.82) is 0 Å². The normalized spacial score (nSPS) is 11.6. The van der Waals surface area contributed by atoms with E-state index in [2.05, 4.69) is 9.97 Å². The van der Waals surface area contributed by atoms with Gasteiger partial charge in [-0.1, -0.05) is 23.7 Å². The average Bonchev–Trinajstić information content (AvgIpc) is 2.62. The smallest absolute Gasteiger partial charge is 0.259 e. The molecule has 0 aliphatic rings. The third-order valence-corrected chi connectivity index (χ3v) is 3.89. The van der Waals surface area contributed by atoms with E-state index < -0.39 is 0 Å². The lowest BCUT2D eigenvalue weighted by Crippen LogP contribution is -2.11. The van der Waals surface area contributed by atoms with E-state index in [-0.39, 0.29) is 22.2 Å². The SMILES string of the molecule is COc1cc2nc(C(Cl)=Cc3ccc(F)cc3)[nH]c(=O)c2cc1OC. The van der Waals surface area contributed by atoms with Gasteiger partial charge in [0.05, 0.1) is 30.2 Å². The topological polar surface area (TPSA) is 64.2 Å². The van der Waals surface area contributed by atoms with Crippen molar-refractivity contribution in [2.45, 2.75) is 0 Å². The van der Waals surface area contributed by atoms with Gasteiger partial charge in [0.1, 0.15) is 5.82 Å². The quantitative estimate of drug-likeness (QED) is 0.768. The first-order chi connectivity index (χ1) is 12.0. The Hall–Kier alpha value is -2.86. The van der Waals surface area contributed by atoms with E-state index in [1.807, 2.05) is 0 Å². The third-order valence-electron chi connectivity index (χ3n) is 3.60. The summed E-state index contributed by atoms with van der Waals surface area (Å²) in [7, 11) is 2.99. The zero-order chi connectivity index (χ0) is 18.0. The molecule has 128 valence electrons. The molecule has 0 radical (unpaired) electrons. The number of fused-ring (bicyclic) bond motifs is 1. The second-order valence-electron chi connectivity index (χ2n) is 5.18. The lowest BCUT2D eigenvalue weighted by molar-refractivity contribution is 0.355. The fourth-order valence-corrected chi connectivity index (χ4v) is 2.57. The van der Waals surface area contributed by atoms with Crippen LogP contribution in [-0.4, -0.2) is 24.2 Å². The van der Waals surface area contributed by atoms with Gasteiger partial charge >= 0.3 is 0 Å². The Morgan fingerprint density at radius 2 is 1.80 bits per heavy atom. The van der Waals surface area contributed by atoms with Crippen LogP contribution in [0.25, 0.3) is 22.0 Å². The van der Waals surface area contributed by atoms with E-state index in [0.29, 0.717) is 28.0 Å². The number of ether oxygens (including phenoxy) is 2. The Labute approximate surface area is 147 Å². The molecule has 5 nitrogen and oxygen atoms in total. The molecule has 0 spiro atoms. The number of nitrogens with one attached hydrogen (secondary N) is 1. The molecule has 0 aliphatic heterocycles. The molecule has 2 aromatic carbocycles. The number of nitrogens with zero attached hydrogens (tertiary/aromatic N) is 1. The third kappa shape index (κ3) is 3.49. The van der Waals surface area contributed by atoms with E-state index >= 15 is 0 Å². The van der Waals surface area contributed by atoms with Gasteiger partial charge in [-0.2, -0.15) is 0 Å². The number of H-pyrrole nitrogens is 1. The molecule has 0 atom stereocenters. The summed E-state index contributed by atoms with van der Waals surface area (Å²) in [6.45, 7) is 0. The van der Waals surface area contributed by atoms with E-state index in [9.17, 15) is 9.18 Å². The predicted octanol–water partition coefficient (Wildman–Crippen LogP) is 3.82. The van der Waals surface area contributed by atoms with Crippen molar-refractivity contribution >= 4 is 33.6 Å². The van der Waals surface area contributed by atoms with Gasteiger partial charge in [-0.15, -0.1) is 0 Å². The number of hydrogen-bond donors (Lipinski definition) is 1. The van der Waals surface area contributed by atoms with Gasteiger partial charge < -0.3 is 14.5 Å². The summed E-state index contributed by atoms with van der Waals surface area (Å²) in [4.78, 5) is 19.3. The lowest BCUT2D eigenvalue weighted by Gasteiger charge is -2.09. The van der Waals surface area contributed by atoms with Crippen LogP contribution in [0.5, 0.6) is 11.5 Å². The predicted molar refractivity (Wildman–Crippen MR) is 95.6 cm³/mol. The number of methoxy groups -OCH3 is 2. The molecule has 3 rings (SSSR count). The van der Waals surface area contributed by atoms with Gasteiger partial charge in [-0.05, 0) is 29.8 Å². The highest BCUT2D eigenvalue weighted by atomic mass is 35.5. The summed E-state index contributed by atoms with van der Waals surface area (Å²) < 4.78 is 23.4. The minimum atomic E-state index is -0.355. The Morgan fingerprint density at radius 3 is 2.44 bits per heavy atom. The van der Waals surface area contributed by atoms with E-state index in [0.717, 1.165) is 0 Å². The average molecular weight is 361 g/mol. The summed E-state index contributed by atoms with van der Waals surface area (Å²) in [6, 6.07) is 8.96. The van der Waals surface area contributed by atoms with Gasteiger partial charge in [-0.25, -0.2) is 9.37 Å². The van der Waals surface area contributed by atoms with Gasteiger partial charge in [0.2, 0.25) is 0 Å². The van der Waals surface area contributed by atoms with Gasteiger partial charge in [0.25, 0.3) is 5.56 Å². The minimum Gasteiger partial charge on any atom is -0.493 e. The molecule has 0 saturated carbocycles. The van der Waals surface area contributed by atoms with Crippen LogP contribution in [-0.2, 0) is 0 Å². The molecule has 1 aromatic heterocycles. The van der Waals surface area contributed by atoms with Crippen LogP contribution in [0.3, 0.4) is 0 Å². The first-order valence-corrected chi connectivity index (χ1v) is 7.69. The highest BCUT2D eigenvalue weighted by Crippen LogP contribution is 2.30.